The fraction of sp³-hybridized carbons (Fsp3) is 0.312. The number of nitrogens with one attached hydrogen (secondary N) is 1. The van der Waals surface area contributed by atoms with E-state index in [0.29, 0.717) is 23.2 Å². The zero-order valence-corrected chi connectivity index (χ0v) is 13.4. The number of nitro benzene ring substituents is 1. The molecule has 0 spiro atoms. The van der Waals surface area contributed by atoms with E-state index in [0.717, 1.165) is 12.1 Å². The SMILES string of the molecule is Cc1cc(C(C)(O)CNC(=O)c2ccc([N+](=O)[O-])cc2F)c(C)o1. The second-order valence-electron chi connectivity index (χ2n) is 5.70. The van der Waals surface area contributed by atoms with E-state index in [1.807, 2.05) is 0 Å². The number of rotatable bonds is 5. The van der Waals surface area contributed by atoms with Crippen molar-refractivity contribution in [2.75, 3.05) is 6.54 Å². The number of furan rings is 1. The monoisotopic (exact) mass is 336 g/mol. The number of benzene rings is 1. The van der Waals surface area contributed by atoms with Gasteiger partial charge in [0, 0.05) is 11.6 Å². The average Bonchev–Trinajstić information content (AvgIpc) is 2.84. The lowest BCUT2D eigenvalue weighted by atomic mass is 9.96. The van der Waals surface area contributed by atoms with Gasteiger partial charge in [0.2, 0.25) is 0 Å². The Morgan fingerprint density at radius 2 is 2.08 bits per heavy atom. The molecule has 1 amide bonds. The number of aliphatic hydroxyl groups is 1. The number of halogens is 1. The predicted octanol–water partition coefficient (Wildman–Crippen LogP) is 2.58. The number of non-ortho nitro benzene ring substituents is 1. The van der Waals surface area contributed by atoms with E-state index in [4.69, 9.17) is 4.42 Å². The number of nitro groups is 1. The molecule has 0 aliphatic carbocycles. The summed E-state index contributed by atoms with van der Waals surface area (Å²) in [5.41, 5.74) is -1.67. The molecule has 0 bridgehead atoms. The topological polar surface area (TPSA) is 106 Å². The average molecular weight is 336 g/mol. The molecule has 2 rings (SSSR count). The summed E-state index contributed by atoms with van der Waals surface area (Å²) in [6, 6.07) is 4.41. The maximum absolute atomic E-state index is 13.8. The van der Waals surface area contributed by atoms with Crippen LogP contribution in [0.5, 0.6) is 0 Å². The van der Waals surface area contributed by atoms with Crippen molar-refractivity contribution in [3.05, 3.63) is 62.8 Å². The largest absolute Gasteiger partial charge is 0.466 e. The van der Waals surface area contributed by atoms with Gasteiger partial charge in [-0.2, -0.15) is 0 Å². The number of aryl methyl sites for hydroxylation is 2. The minimum atomic E-state index is -1.41. The molecule has 1 unspecified atom stereocenters. The first-order valence-electron chi connectivity index (χ1n) is 7.14. The van der Waals surface area contributed by atoms with Gasteiger partial charge in [0.05, 0.1) is 23.1 Å². The van der Waals surface area contributed by atoms with Gasteiger partial charge in [0.1, 0.15) is 22.9 Å². The third-order valence-electron chi connectivity index (χ3n) is 3.62. The lowest BCUT2D eigenvalue weighted by Gasteiger charge is -2.23. The Morgan fingerprint density at radius 3 is 2.58 bits per heavy atom. The highest BCUT2D eigenvalue weighted by Crippen LogP contribution is 2.26. The minimum Gasteiger partial charge on any atom is -0.466 e. The van der Waals surface area contributed by atoms with Gasteiger partial charge in [0.15, 0.2) is 0 Å². The molecule has 2 aromatic rings. The highest BCUT2D eigenvalue weighted by Gasteiger charge is 2.29. The highest BCUT2D eigenvalue weighted by molar-refractivity contribution is 5.94. The maximum Gasteiger partial charge on any atom is 0.272 e. The predicted molar refractivity (Wildman–Crippen MR) is 83.1 cm³/mol. The number of carbonyl (C=O) groups excluding carboxylic acids is 1. The molecule has 1 atom stereocenters. The molecule has 0 saturated heterocycles. The van der Waals surface area contributed by atoms with Crippen LogP contribution in [0.1, 0.15) is 34.4 Å². The van der Waals surface area contributed by atoms with Crippen molar-refractivity contribution in [2.45, 2.75) is 26.4 Å². The Morgan fingerprint density at radius 1 is 1.42 bits per heavy atom. The van der Waals surface area contributed by atoms with Crippen LogP contribution in [0.4, 0.5) is 10.1 Å². The van der Waals surface area contributed by atoms with Gasteiger partial charge in [-0.15, -0.1) is 0 Å². The van der Waals surface area contributed by atoms with Gasteiger partial charge in [-0.05, 0) is 32.9 Å². The fourth-order valence-corrected chi connectivity index (χ4v) is 2.41. The van der Waals surface area contributed by atoms with Gasteiger partial charge >= 0.3 is 0 Å². The number of hydrogen-bond acceptors (Lipinski definition) is 5. The molecule has 128 valence electrons. The summed E-state index contributed by atoms with van der Waals surface area (Å²) < 4.78 is 19.2. The summed E-state index contributed by atoms with van der Waals surface area (Å²) >= 11 is 0. The smallest absolute Gasteiger partial charge is 0.272 e. The summed E-state index contributed by atoms with van der Waals surface area (Å²) in [6.45, 7) is 4.74. The molecule has 0 aliphatic rings. The Bertz CT molecular complexity index is 798. The van der Waals surface area contributed by atoms with E-state index in [9.17, 15) is 24.4 Å². The molecule has 8 heteroatoms. The van der Waals surface area contributed by atoms with Crippen LogP contribution in [0.3, 0.4) is 0 Å². The first-order valence-corrected chi connectivity index (χ1v) is 7.14. The third-order valence-corrected chi connectivity index (χ3v) is 3.62. The van der Waals surface area contributed by atoms with Crippen molar-refractivity contribution >= 4 is 11.6 Å². The van der Waals surface area contributed by atoms with Crippen molar-refractivity contribution in [3.63, 3.8) is 0 Å². The highest BCUT2D eigenvalue weighted by atomic mass is 19.1. The zero-order valence-electron chi connectivity index (χ0n) is 13.4. The van der Waals surface area contributed by atoms with Crippen LogP contribution in [0.25, 0.3) is 0 Å². The Kier molecular flexibility index (Phi) is 4.70. The molecule has 2 N–H and O–H groups in total. The second kappa shape index (κ2) is 6.40. The Balaban J connectivity index is 2.13. The van der Waals surface area contributed by atoms with Crippen LogP contribution in [0, 0.1) is 29.8 Å². The van der Waals surface area contributed by atoms with Crippen LogP contribution in [0.2, 0.25) is 0 Å². The van der Waals surface area contributed by atoms with E-state index >= 15 is 0 Å². The summed E-state index contributed by atoms with van der Waals surface area (Å²) in [5, 5.41) is 23.5. The van der Waals surface area contributed by atoms with Gasteiger partial charge < -0.3 is 14.8 Å². The van der Waals surface area contributed by atoms with E-state index in [-0.39, 0.29) is 12.1 Å². The molecule has 24 heavy (non-hydrogen) atoms. The van der Waals surface area contributed by atoms with Gasteiger partial charge in [-0.25, -0.2) is 4.39 Å². The molecule has 0 saturated carbocycles. The van der Waals surface area contributed by atoms with Crippen molar-refractivity contribution in [2.24, 2.45) is 0 Å². The molecule has 7 nitrogen and oxygen atoms in total. The third kappa shape index (κ3) is 3.60. The van der Waals surface area contributed by atoms with Crippen molar-refractivity contribution < 1.29 is 23.6 Å². The molecule has 1 aromatic carbocycles. The molecule has 1 aromatic heterocycles. The number of hydrogen-bond donors (Lipinski definition) is 2. The Labute approximate surface area is 137 Å². The summed E-state index contributed by atoms with van der Waals surface area (Å²) in [6.07, 6.45) is 0. The standard InChI is InChI=1S/C16H17FN2O5/c1-9-6-13(10(2)24-9)16(3,21)8-18-15(20)12-5-4-11(19(22)23)7-14(12)17/h4-7,21H,8H2,1-3H3,(H,18,20). The summed E-state index contributed by atoms with van der Waals surface area (Å²) in [7, 11) is 0. The summed E-state index contributed by atoms with van der Waals surface area (Å²) in [5.74, 6) is -0.638. The summed E-state index contributed by atoms with van der Waals surface area (Å²) in [4.78, 5) is 21.9. The maximum atomic E-state index is 13.8. The Hall–Kier alpha value is -2.74. The van der Waals surface area contributed by atoms with Crippen LogP contribution < -0.4 is 5.32 Å². The molecular weight excluding hydrogens is 319 g/mol. The quantitative estimate of drug-likeness (QED) is 0.645. The van der Waals surface area contributed by atoms with E-state index in [1.165, 1.54) is 6.92 Å². The van der Waals surface area contributed by atoms with Crippen molar-refractivity contribution in [1.82, 2.24) is 5.32 Å². The lowest BCUT2D eigenvalue weighted by molar-refractivity contribution is -0.385. The molecule has 0 radical (unpaired) electrons. The van der Waals surface area contributed by atoms with E-state index in [1.54, 1.807) is 19.9 Å². The zero-order chi connectivity index (χ0) is 18.1. The van der Waals surface area contributed by atoms with Crippen LogP contribution in [-0.2, 0) is 5.60 Å². The first kappa shape index (κ1) is 17.6. The number of nitrogens with zero attached hydrogens (tertiary/aromatic N) is 1. The first-order chi connectivity index (χ1) is 11.1. The number of amides is 1. The van der Waals surface area contributed by atoms with Crippen molar-refractivity contribution in [1.29, 1.82) is 0 Å². The molecule has 1 heterocycles. The van der Waals surface area contributed by atoms with Crippen LogP contribution >= 0.6 is 0 Å². The van der Waals surface area contributed by atoms with Crippen LogP contribution in [0.15, 0.2) is 28.7 Å². The molecule has 0 aliphatic heterocycles. The molecular formula is C16H17FN2O5. The van der Waals surface area contributed by atoms with Crippen LogP contribution in [-0.4, -0.2) is 22.5 Å². The minimum absolute atomic E-state index is 0.178. The normalized spacial score (nSPS) is 13.4. The lowest BCUT2D eigenvalue weighted by Crippen LogP contribution is -2.39. The van der Waals surface area contributed by atoms with E-state index in [2.05, 4.69) is 5.32 Å². The molecule has 0 fully saturated rings. The fourth-order valence-electron chi connectivity index (χ4n) is 2.41. The van der Waals surface area contributed by atoms with Gasteiger partial charge in [-0.1, -0.05) is 0 Å². The van der Waals surface area contributed by atoms with Crippen molar-refractivity contribution in [3.8, 4) is 0 Å². The number of carbonyl (C=O) groups is 1. The van der Waals surface area contributed by atoms with E-state index < -0.39 is 27.9 Å². The van der Waals surface area contributed by atoms with Gasteiger partial charge in [-0.3, -0.25) is 14.9 Å². The second-order valence-corrected chi connectivity index (χ2v) is 5.70. The van der Waals surface area contributed by atoms with Gasteiger partial charge in [0.25, 0.3) is 11.6 Å².